The Balaban J connectivity index is 3.00. The summed E-state index contributed by atoms with van der Waals surface area (Å²) in [5.74, 6) is 1.09. The minimum absolute atomic E-state index is 0.219. The Morgan fingerprint density at radius 1 is 1.15 bits per heavy atom. The van der Waals surface area contributed by atoms with Gasteiger partial charge in [-0.05, 0) is 38.0 Å². The van der Waals surface area contributed by atoms with Crippen LogP contribution in [0.5, 0.6) is 5.75 Å². The Bertz CT molecular complexity index is 466. The van der Waals surface area contributed by atoms with Crippen LogP contribution >= 0.6 is 0 Å². The molecule has 2 nitrogen and oxygen atoms in total. The van der Waals surface area contributed by atoms with Crippen molar-refractivity contribution in [3.05, 3.63) is 29.0 Å². The summed E-state index contributed by atoms with van der Waals surface area (Å²) in [7, 11) is 0. The maximum absolute atomic E-state index is 9.54. The molecular weight excluding hydrogens is 164 g/mol. The molecule has 1 aromatic carbocycles. The number of benzene rings is 1. The topological polar surface area (TPSA) is 33.4 Å². The van der Waals surface area contributed by atoms with Crippen LogP contribution in [-0.4, -0.2) is 5.11 Å². The molecule has 0 saturated heterocycles. The fraction of sp³-hybridized carbons (Fsp3) is 0.273. The standard InChI is InChI=1S/C11H12O2/c1-6-4-5-9(12)11-10(6)7(2)8(3)13-11/h4-5,12H,1-3H3. The van der Waals surface area contributed by atoms with Gasteiger partial charge in [-0.25, -0.2) is 0 Å². The lowest BCUT2D eigenvalue weighted by atomic mass is 10.1. The second-order valence-electron chi connectivity index (χ2n) is 3.39. The summed E-state index contributed by atoms with van der Waals surface area (Å²) in [5, 5.41) is 10.6. The molecule has 1 N–H and O–H groups in total. The summed E-state index contributed by atoms with van der Waals surface area (Å²) in [6.07, 6.45) is 0. The third-order valence-corrected chi connectivity index (χ3v) is 2.50. The van der Waals surface area contributed by atoms with Crippen LogP contribution in [0.2, 0.25) is 0 Å². The van der Waals surface area contributed by atoms with Gasteiger partial charge in [-0.1, -0.05) is 6.07 Å². The first kappa shape index (κ1) is 8.17. The molecule has 13 heavy (non-hydrogen) atoms. The molecule has 1 heterocycles. The number of hydrogen-bond donors (Lipinski definition) is 1. The van der Waals surface area contributed by atoms with Crippen LogP contribution < -0.4 is 0 Å². The minimum Gasteiger partial charge on any atom is -0.504 e. The van der Waals surface area contributed by atoms with Gasteiger partial charge in [0.15, 0.2) is 11.3 Å². The van der Waals surface area contributed by atoms with Crippen molar-refractivity contribution in [3.63, 3.8) is 0 Å². The van der Waals surface area contributed by atoms with Crippen LogP contribution in [0.3, 0.4) is 0 Å². The third-order valence-electron chi connectivity index (χ3n) is 2.50. The van der Waals surface area contributed by atoms with Crippen LogP contribution in [0.1, 0.15) is 16.9 Å². The van der Waals surface area contributed by atoms with E-state index in [9.17, 15) is 5.11 Å². The lowest BCUT2D eigenvalue weighted by Crippen LogP contribution is -1.77. The molecule has 0 fully saturated rings. The number of aryl methyl sites for hydroxylation is 3. The van der Waals surface area contributed by atoms with Crippen molar-refractivity contribution < 1.29 is 9.52 Å². The zero-order valence-electron chi connectivity index (χ0n) is 8.01. The zero-order chi connectivity index (χ0) is 9.59. The monoisotopic (exact) mass is 176 g/mol. The number of phenolic OH excluding ortho intramolecular Hbond substituents is 1. The molecule has 0 unspecified atom stereocenters. The van der Waals surface area contributed by atoms with E-state index in [0.29, 0.717) is 5.58 Å². The largest absolute Gasteiger partial charge is 0.504 e. The van der Waals surface area contributed by atoms with E-state index in [0.717, 1.165) is 22.3 Å². The normalized spacial score (nSPS) is 11.0. The van der Waals surface area contributed by atoms with Crippen molar-refractivity contribution in [2.75, 3.05) is 0 Å². The van der Waals surface area contributed by atoms with Crippen molar-refractivity contribution >= 4 is 11.0 Å². The van der Waals surface area contributed by atoms with E-state index in [1.54, 1.807) is 6.07 Å². The fourth-order valence-electron chi connectivity index (χ4n) is 1.65. The molecule has 0 saturated carbocycles. The summed E-state index contributed by atoms with van der Waals surface area (Å²) in [5.41, 5.74) is 2.86. The predicted molar refractivity (Wildman–Crippen MR) is 52.1 cm³/mol. The van der Waals surface area contributed by atoms with Gasteiger partial charge in [0.1, 0.15) is 5.76 Å². The molecule has 0 spiro atoms. The van der Waals surface area contributed by atoms with E-state index in [4.69, 9.17) is 4.42 Å². The molecule has 2 aromatic rings. The van der Waals surface area contributed by atoms with Crippen LogP contribution in [0.25, 0.3) is 11.0 Å². The van der Waals surface area contributed by atoms with Crippen molar-refractivity contribution in [3.8, 4) is 5.75 Å². The quantitative estimate of drug-likeness (QED) is 0.669. The molecule has 0 aliphatic rings. The van der Waals surface area contributed by atoms with Gasteiger partial charge in [0.25, 0.3) is 0 Å². The Hall–Kier alpha value is -1.44. The highest BCUT2D eigenvalue weighted by molar-refractivity contribution is 5.89. The van der Waals surface area contributed by atoms with Gasteiger partial charge in [0.2, 0.25) is 0 Å². The molecule has 68 valence electrons. The van der Waals surface area contributed by atoms with Crippen LogP contribution in [0.4, 0.5) is 0 Å². The van der Waals surface area contributed by atoms with Crippen LogP contribution in [-0.2, 0) is 0 Å². The van der Waals surface area contributed by atoms with Crippen molar-refractivity contribution in [1.29, 1.82) is 0 Å². The lowest BCUT2D eigenvalue weighted by Gasteiger charge is -1.97. The zero-order valence-corrected chi connectivity index (χ0v) is 8.01. The average molecular weight is 176 g/mol. The summed E-state index contributed by atoms with van der Waals surface area (Å²) in [4.78, 5) is 0. The molecule has 0 atom stereocenters. The summed E-state index contributed by atoms with van der Waals surface area (Å²) >= 11 is 0. The maximum atomic E-state index is 9.54. The first-order valence-electron chi connectivity index (χ1n) is 4.29. The van der Waals surface area contributed by atoms with Gasteiger partial charge in [0, 0.05) is 5.39 Å². The number of phenols is 1. The number of fused-ring (bicyclic) bond motifs is 1. The van der Waals surface area contributed by atoms with Gasteiger partial charge >= 0.3 is 0 Å². The van der Waals surface area contributed by atoms with E-state index in [2.05, 4.69) is 0 Å². The van der Waals surface area contributed by atoms with E-state index >= 15 is 0 Å². The summed E-state index contributed by atoms with van der Waals surface area (Å²) < 4.78 is 5.46. The Morgan fingerprint density at radius 3 is 2.46 bits per heavy atom. The summed E-state index contributed by atoms with van der Waals surface area (Å²) in [6.45, 7) is 5.94. The Labute approximate surface area is 76.8 Å². The molecular formula is C11H12O2. The Morgan fingerprint density at radius 2 is 1.85 bits per heavy atom. The second-order valence-corrected chi connectivity index (χ2v) is 3.39. The highest BCUT2D eigenvalue weighted by Gasteiger charge is 2.11. The van der Waals surface area contributed by atoms with E-state index < -0.39 is 0 Å². The number of furan rings is 1. The molecule has 0 amide bonds. The molecule has 0 radical (unpaired) electrons. The second kappa shape index (κ2) is 2.52. The highest BCUT2D eigenvalue weighted by atomic mass is 16.4. The van der Waals surface area contributed by atoms with E-state index in [-0.39, 0.29) is 5.75 Å². The SMILES string of the molecule is Cc1oc2c(O)ccc(C)c2c1C. The average Bonchev–Trinajstić information content (AvgIpc) is 2.38. The molecule has 0 aliphatic carbocycles. The van der Waals surface area contributed by atoms with Crippen molar-refractivity contribution in [2.45, 2.75) is 20.8 Å². The Kier molecular flexibility index (Phi) is 1.59. The van der Waals surface area contributed by atoms with Gasteiger partial charge in [-0.2, -0.15) is 0 Å². The summed E-state index contributed by atoms with van der Waals surface area (Å²) in [6, 6.07) is 3.57. The third kappa shape index (κ3) is 1.02. The van der Waals surface area contributed by atoms with Gasteiger partial charge < -0.3 is 9.52 Å². The van der Waals surface area contributed by atoms with Gasteiger partial charge in [0.05, 0.1) is 0 Å². The maximum Gasteiger partial charge on any atom is 0.176 e. The molecule has 2 rings (SSSR count). The number of aromatic hydroxyl groups is 1. The molecule has 0 aliphatic heterocycles. The molecule has 2 heteroatoms. The number of rotatable bonds is 0. The molecule has 0 bridgehead atoms. The van der Waals surface area contributed by atoms with Crippen LogP contribution in [0.15, 0.2) is 16.5 Å². The highest BCUT2D eigenvalue weighted by Crippen LogP contribution is 2.33. The first-order valence-corrected chi connectivity index (χ1v) is 4.29. The predicted octanol–water partition coefficient (Wildman–Crippen LogP) is 3.06. The first-order chi connectivity index (χ1) is 6.11. The smallest absolute Gasteiger partial charge is 0.176 e. The number of hydrogen-bond acceptors (Lipinski definition) is 2. The van der Waals surface area contributed by atoms with E-state index in [1.807, 2.05) is 26.8 Å². The van der Waals surface area contributed by atoms with Crippen molar-refractivity contribution in [2.24, 2.45) is 0 Å². The fourth-order valence-corrected chi connectivity index (χ4v) is 1.65. The van der Waals surface area contributed by atoms with Gasteiger partial charge in [-0.3, -0.25) is 0 Å². The lowest BCUT2D eigenvalue weighted by molar-refractivity contribution is 0.461. The van der Waals surface area contributed by atoms with Crippen LogP contribution in [0, 0.1) is 20.8 Å². The minimum atomic E-state index is 0.219. The van der Waals surface area contributed by atoms with Gasteiger partial charge in [-0.15, -0.1) is 0 Å². The van der Waals surface area contributed by atoms with Crippen molar-refractivity contribution in [1.82, 2.24) is 0 Å². The van der Waals surface area contributed by atoms with E-state index in [1.165, 1.54) is 0 Å². The molecule has 1 aromatic heterocycles.